The molecule has 0 aliphatic rings. The molecule has 0 aliphatic heterocycles. The van der Waals surface area contributed by atoms with Crippen molar-refractivity contribution in [2.24, 2.45) is 0 Å². The van der Waals surface area contributed by atoms with Crippen LogP contribution in [0, 0.1) is 0 Å². The molecule has 6 heteroatoms. The standard InChI is InChI=1S/C9H4Cl3N.H2O.Ti/c10-7-5-3-1-2-4-6(5)13-9(12)8(7)11;;/h1-4H;1H2;. The Kier molecular flexibility index (Phi) is 6.11. The molecule has 2 aromatic rings. The SMILES string of the molecule is Clc1nc2ccccc2c(Cl)c1Cl.O.[Ti]. The van der Waals surface area contributed by atoms with Gasteiger partial charge in [0, 0.05) is 27.1 Å². The van der Waals surface area contributed by atoms with E-state index in [9.17, 15) is 0 Å². The molecule has 0 unspecified atom stereocenters. The van der Waals surface area contributed by atoms with E-state index in [1.165, 1.54) is 0 Å². The zero-order valence-corrected chi connectivity index (χ0v) is 11.2. The van der Waals surface area contributed by atoms with Gasteiger partial charge in [-0.05, 0) is 6.07 Å². The predicted octanol–water partition coefficient (Wildman–Crippen LogP) is 3.37. The largest absolute Gasteiger partial charge is 0.412 e. The van der Waals surface area contributed by atoms with E-state index in [-0.39, 0.29) is 32.3 Å². The molecule has 0 fully saturated rings. The zero-order valence-electron chi connectivity index (χ0n) is 7.39. The molecule has 0 saturated carbocycles. The maximum absolute atomic E-state index is 5.97. The van der Waals surface area contributed by atoms with Crippen LogP contribution in [0.5, 0.6) is 0 Å². The van der Waals surface area contributed by atoms with Gasteiger partial charge in [0.25, 0.3) is 0 Å². The van der Waals surface area contributed by atoms with Crippen molar-refractivity contribution in [3.63, 3.8) is 0 Å². The normalized spacial score (nSPS) is 9.27. The fourth-order valence-corrected chi connectivity index (χ4v) is 1.75. The van der Waals surface area contributed by atoms with Crippen molar-refractivity contribution in [3.05, 3.63) is 39.5 Å². The van der Waals surface area contributed by atoms with Gasteiger partial charge in [0.15, 0.2) is 0 Å². The van der Waals surface area contributed by atoms with Gasteiger partial charge in [-0.1, -0.05) is 53.0 Å². The molecule has 1 aromatic heterocycles. The molecule has 0 spiro atoms. The average Bonchev–Trinajstić information content (AvgIpc) is 2.15. The summed E-state index contributed by atoms with van der Waals surface area (Å²) in [6.45, 7) is 0. The molecule has 0 amide bonds. The molecule has 0 aliphatic carbocycles. The summed E-state index contributed by atoms with van der Waals surface area (Å²) in [6.07, 6.45) is 0. The van der Waals surface area contributed by atoms with Crippen molar-refractivity contribution in [1.82, 2.24) is 4.98 Å². The second kappa shape index (κ2) is 6.04. The van der Waals surface area contributed by atoms with Gasteiger partial charge in [0.1, 0.15) is 5.15 Å². The van der Waals surface area contributed by atoms with Gasteiger partial charge >= 0.3 is 0 Å². The molecule has 2 nitrogen and oxygen atoms in total. The van der Waals surface area contributed by atoms with Crippen LogP contribution in [-0.2, 0) is 21.7 Å². The number of pyridine rings is 1. The Morgan fingerprint density at radius 1 is 0.933 bits per heavy atom. The zero-order chi connectivity index (χ0) is 9.42. The fourth-order valence-electron chi connectivity index (χ4n) is 1.12. The predicted molar refractivity (Wildman–Crippen MR) is 60.4 cm³/mol. The van der Waals surface area contributed by atoms with Crippen molar-refractivity contribution in [2.75, 3.05) is 0 Å². The van der Waals surface area contributed by atoms with Crippen molar-refractivity contribution in [2.45, 2.75) is 0 Å². The first-order valence-corrected chi connectivity index (χ1v) is 4.73. The third-order valence-corrected chi connectivity index (χ3v) is 2.96. The molecule has 0 bridgehead atoms. The van der Waals surface area contributed by atoms with Gasteiger partial charge in [0.2, 0.25) is 0 Å². The minimum absolute atomic E-state index is 0. The summed E-state index contributed by atoms with van der Waals surface area (Å²) in [5.74, 6) is 0. The summed E-state index contributed by atoms with van der Waals surface area (Å²) in [6, 6.07) is 7.44. The van der Waals surface area contributed by atoms with Crippen molar-refractivity contribution >= 4 is 45.7 Å². The van der Waals surface area contributed by atoms with Crippen molar-refractivity contribution in [1.29, 1.82) is 0 Å². The number of aromatic nitrogens is 1. The second-order valence-corrected chi connectivity index (χ2v) is 3.66. The Hall–Kier alpha value is 0.174. The summed E-state index contributed by atoms with van der Waals surface area (Å²) in [5, 5.41) is 1.82. The fraction of sp³-hybridized carbons (Fsp3) is 0. The van der Waals surface area contributed by atoms with E-state index in [2.05, 4.69) is 4.98 Å². The second-order valence-electron chi connectivity index (χ2n) is 2.55. The average molecular weight is 298 g/mol. The minimum atomic E-state index is 0. The third kappa shape index (κ3) is 2.84. The van der Waals surface area contributed by atoms with Gasteiger partial charge < -0.3 is 5.48 Å². The maximum atomic E-state index is 5.97. The molecule has 1 heterocycles. The van der Waals surface area contributed by atoms with E-state index in [0.29, 0.717) is 10.0 Å². The summed E-state index contributed by atoms with van der Waals surface area (Å²) in [5.41, 5.74) is 0.752. The van der Waals surface area contributed by atoms with Gasteiger partial charge in [-0.3, -0.25) is 0 Å². The van der Waals surface area contributed by atoms with Crippen molar-refractivity contribution in [3.8, 4) is 0 Å². The number of hydrogen-bond acceptors (Lipinski definition) is 1. The van der Waals surface area contributed by atoms with Crippen LogP contribution in [0.1, 0.15) is 0 Å². The molecule has 2 rings (SSSR count). The molecule has 0 saturated heterocycles. The number of benzene rings is 1. The summed E-state index contributed by atoms with van der Waals surface area (Å²) < 4.78 is 0. The Morgan fingerprint density at radius 3 is 2.20 bits per heavy atom. The van der Waals surface area contributed by atoms with Crippen LogP contribution in [0.15, 0.2) is 24.3 Å². The molecule has 15 heavy (non-hydrogen) atoms. The number of nitrogens with zero attached hydrogens (tertiary/aromatic N) is 1. The van der Waals surface area contributed by atoms with Gasteiger partial charge in [-0.25, -0.2) is 4.98 Å². The Bertz CT molecular complexity index is 478. The van der Waals surface area contributed by atoms with Crippen LogP contribution < -0.4 is 0 Å². The van der Waals surface area contributed by atoms with Crippen LogP contribution >= 0.6 is 34.8 Å². The first kappa shape index (κ1) is 15.2. The molecular formula is C9H6Cl3NOTi. The summed E-state index contributed by atoms with van der Waals surface area (Å²) >= 11 is 17.6. The first-order chi connectivity index (χ1) is 6.20. The summed E-state index contributed by atoms with van der Waals surface area (Å²) in [4.78, 5) is 4.09. The van der Waals surface area contributed by atoms with Crippen molar-refractivity contribution < 1.29 is 27.2 Å². The molecule has 2 N–H and O–H groups in total. The van der Waals surface area contributed by atoms with E-state index in [0.717, 1.165) is 10.9 Å². The van der Waals surface area contributed by atoms with E-state index in [1.807, 2.05) is 24.3 Å². The minimum Gasteiger partial charge on any atom is -0.412 e. The number of para-hydroxylation sites is 1. The molecule has 0 atom stereocenters. The van der Waals surface area contributed by atoms with Gasteiger partial charge in [-0.15, -0.1) is 0 Å². The summed E-state index contributed by atoms with van der Waals surface area (Å²) in [7, 11) is 0. The number of hydrogen-bond donors (Lipinski definition) is 0. The topological polar surface area (TPSA) is 44.4 Å². The quantitative estimate of drug-likeness (QED) is 0.543. The third-order valence-electron chi connectivity index (χ3n) is 1.73. The van der Waals surface area contributed by atoms with Gasteiger partial charge in [-0.2, -0.15) is 0 Å². The number of rotatable bonds is 0. The molecule has 78 valence electrons. The molecular weight excluding hydrogens is 292 g/mol. The van der Waals surface area contributed by atoms with Gasteiger partial charge in [0.05, 0.1) is 15.6 Å². The van der Waals surface area contributed by atoms with E-state index in [1.54, 1.807) is 0 Å². The van der Waals surface area contributed by atoms with Crippen LogP contribution in [0.3, 0.4) is 0 Å². The van der Waals surface area contributed by atoms with Crippen LogP contribution in [-0.4, -0.2) is 10.5 Å². The Balaban J connectivity index is 0.000000980. The number of fused-ring (bicyclic) bond motifs is 1. The van der Waals surface area contributed by atoms with Crippen LogP contribution in [0.2, 0.25) is 15.2 Å². The molecule has 0 radical (unpaired) electrons. The van der Waals surface area contributed by atoms with Crippen LogP contribution in [0.4, 0.5) is 0 Å². The van der Waals surface area contributed by atoms with E-state index < -0.39 is 0 Å². The maximum Gasteiger partial charge on any atom is 0.149 e. The smallest absolute Gasteiger partial charge is 0.149 e. The first-order valence-electron chi connectivity index (χ1n) is 3.59. The Labute approximate surface area is 117 Å². The molecule has 1 aromatic carbocycles. The Morgan fingerprint density at radius 2 is 1.53 bits per heavy atom. The number of halogens is 3. The van der Waals surface area contributed by atoms with Crippen LogP contribution in [0.25, 0.3) is 10.9 Å². The van der Waals surface area contributed by atoms with E-state index in [4.69, 9.17) is 34.8 Å². The van der Waals surface area contributed by atoms with E-state index >= 15 is 0 Å². The monoisotopic (exact) mass is 297 g/mol.